The number of aliphatic hydroxyl groups is 1. The van der Waals surface area contributed by atoms with Gasteiger partial charge in [-0.3, -0.25) is 9.59 Å². The van der Waals surface area contributed by atoms with Gasteiger partial charge in [-0.05, 0) is 61.4 Å². The number of halogens is 3. The second-order valence-corrected chi connectivity index (χ2v) is 7.97. The maximum absolute atomic E-state index is 13.9. The van der Waals surface area contributed by atoms with Crippen LogP contribution in [-0.2, 0) is 0 Å². The van der Waals surface area contributed by atoms with Crippen molar-refractivity contribution in [2.24, 2.45) is 0 Å². The van der Waals surface area contributed by atoms with Gasteiger partial charge in [0.2, 0.25) is 0 Å². The van der Waals surface area contributed by atoms with Gasteiger partial charge in [0, 0.05) is 28.4 Å². The quantitative estimate of drug-likeness (QED) is 0.383. The smallest absolute Gasteiger partial charge is 0.251 e. The van der Waals surface area contributed by atoms with Crippen molar-refractivity contribution >= 4 is 34.7 Å². The fourth-order valence-electron chi connectivity index (χ4n) is 3.22. The molecule has 0 radical (unpaired) electrons. The molecule has 3 rings (SSSR count). The van der Waals surface area contributed by atoms with E-state index in [-0.39, 0.29) is 40.3 Å². The van der Waals surface area contributed by atoms with Gasteiger partial charge in [0.25, 0.3) is 5.91 Å². The van der Waals surface area contributed by atoms with Gasteiger partial charge < -0.3 is 15.7 Å². The first-order valence-corrected chi connectivity index (χ1v) is 10.7. The van der Waals surface area contributed by atoms with Crippen LogP contribution in [0, 0.1) is 18.6 Å². The van der Waals surface area contributed by atoms with E-state index in [0.717, 1.165) is 12.1 Å². The Kier molecular flexibility index (Phi) is 7.79. The summed E-state index contributed by atoms with van der Waals surface area (Å²) in [6, 6.07) is 12.1. The topological polar surface area (TPSA) is 78.4 Å². The molecule has 33 heavy (non-hydrogen) atoms. The highest BCUT2D eigenvalue weighted by atomic mass is 35.5. The van der Waals surface area contributed by atoms with E-state index in [1.165, 1.54) is 24.3 Å². The predicted octanol–water partition coefficient (Wildman–Crippen LogP) is 5.40. The molecule has 0 heterocycles. The first-order valence-electron chi connectivity index (χ1n) is 10.3. The second kappa shape index (κ2) is 10.6. The number of rotatable bonds is 8. The molecule has 1 atom stereocenters. The summed E-state index contributed by atoms with van der Waals surface area (Å²) in [6.07, 6.45) is 0.567. The van der Waals surface area contributed by atoms with Crippen LogP contribution in [0.2, 0.25) is 5.02 Å². The van der Waals surface area contributed by atoms with Gasteiger partial charge in [-0.2, -0.15) is 0 Å². The number of anilines is 2. The first-order chi connectivity index (χ1) is 15.7. The van der Waals surface area contributed by atoms with E-state index in [1.807, 2.05) is 6.92 Å². The first kappa shape index (κ1) is 24.4. The van der Waals surface area contributed by atoms with Gasteiger partial charge in [-0.15, -0.1) is 0 Å². The molecule has 0 bridgehead atoms. The Morgan fingerprint density at radius 3 is 2.42 bits per heavy atom. The number of nitrogens with one attached hydrogen (secondary N) is 2. The van der Waals surface area contributed by atoms with Crippen molar-refractivity contribution in [3.63, 3.8) is 0 Å². The molecule has 172 valence electrons. The summed E-state index contributed by atoms with van der Waals surface area (Å²) in [7, 11) is 0. The molecular formula is C25H23ClF2N2O3. The van der Waals surface area contributed by atoms with Crippen LogP contribution in [0.3, 0.4) is 0 Å². The largest absolute Gasteiger partial charge is 0.394 e. The van der Waals surface area contributed by atoms with Gasteiger partial charge in [-0.25, -0.2) is 8.78 Å². The van der Waals surface area contributed by atoms with Crippen LogP contribution in [0.1, 0.15) is 45.2 Å². The number of hydrogen-bond acceptors (Lipinski definition) is 4. The monoisotopic (exact) mass is 472 g/mol. The molecule has 1 amide bonds. The minimum Gasteiger partial charge on any atom is -0.394 e. The fraction of sp³-hybridized carbons (Fsp3) is 0.200. The molecule has 5 nitrogen and oxygen atoms in total. The summed E-state index contributed by atoms with van der Waals surface area (Å²) >= 11 is 6.34. The van der Waals surface area contributed by atoms with Crippen molar-refractivity contribution in [2.45, 2.75) is 26.3 Å². The van der Waals surface area contributed by atoms with E-state index in [4.69, 9.17) is 11.6 Å². The lowest BCUT2D eigenvalue weighted by Gasteiger charge is -2.15. The molecule has 0 aliphatic carbocycles. The fourth-order valence-corrected chi connectivity index (χ4v) is 3.49. The average Bonchev–Trinajstić information content (AvgIpc) is 2.79. The van der Waals surface area contributed by atoms with Crippen molar-refractivity contribution in [3.05, 3.63) is 93.5 Å². The maximum Gasteiger partial charge on any atom is 0.251 e. The predicted molar refractivity (Wildman–Crippen MR) is 124 cm³/mol. The van der Waals surface area contributed by atoms with Crippen LogP contribution in [0.5, 0.6) is 0 Å². The minimum atomic E-state index is -0.761. The van der Waals surface area contributed by atoms with E-state index in [9.17, 15) is 23.5 Å². The Labute approximate surface area is 195 Å². The number of benzene rings is 3. The molecule has 1 unspecified atom stereocenters. The molecule has 0 spiro atoms. The van der Waals surface area contributed by atoms with Crippen molar-refractivity contribution in [1.29, 1.82) is 0 Å². The Morgan fingerprint density at radius 1 is 1.03 bits per heavy atom. The number of aliphatic hydroxyl groups excluding tert-OH is 1. The van der Waals surface area contributed by atoms with Gasteiger partial charge in [0.05, 0.1) is 23.4 Å². The van der Waals surface area contributed by atoms with E-state index < -0.39 is 17.5 Å². The van der Waals surface area contributed by atoms with E-state index >= 15 is 0 Å². The van der Waals surface area contributed by atoms with Crippen LogP contribution < -0.4 is 10.6 Å². The van der Waals surface area contributed by atoms with Crippen LogP contribution in [0.25, 0.3) is 0 Å². The highest BCUT2D eigenvalue weighted by Gasteiger charge is 2.19. The van der Waals surface area contributed by atoms with E-state index in [1.54, 1.807) is 25.1 Å². The molecule has 0 aliphatic rings. The lowest BCUT2D eigenvalue weighted by atomic mass is 9.96. The van der Waals surface area contributed by atoms with Gasteiger partial charge >= 0.3 is 0 Å². The number of carbonyl (C=O) groups excluding carboxylic acids is 2. The summed E-state index contributed by atoms with van der Waals surface area (Å²) in [5, 5.41) is 15.0. The normalized spacial score (nSPS) is 11.7. The molecule has 3 aromatic rings. The van der Waals surface area contributed by atoms with Crippen LogP contribution in [0.15, 0.2) is 54.6 Å². The van der Waals surface area contributed by atoms with Crippen LogP contribution in [0.4, 0.5) is 20.2 Å². The lowest BCUT2D eigenvalue weighted by molar-refractivity contribution is 0.0915. The summed E-state index contributed by atoms with van der Waals surface area (Å²) in [5.41, 5.74) is 1.96. The number of amides is 1. The number of aryl methyl sites for hydroxylation is 1. The van der Waals surface area contributed by atoms with Crippen LogP contribution >= 0.6 is 11.6 Å². The molecule has 8 heteroatoms. The standard InChI is InChI=1S/C25H23ClF2N2O3/c1-3-17(13-31)30-25(33)15-5-4-14(2)20(10-15)24(32)19-8-7-18(12-21(19)26)29-23-9-6-16(27)11-22(23)28/h4-12,17,29,31H,3,13H2,1-2H3,(H,30,33). The molecule has 0 aliphatic heterocycles. The van der Waals surface area contributed by atoms with Crippen LogP contribution in [-0.4, -0.2) is 29.4 Å². The summed E-state index contributed by atoms with van der Waals surface area (Å²) in [4.78, 5) is 25.7. The molecule has 0 aromatic heterocycles. The maximum atomic E-state index is 13.9. The third-order valence-electron chi connectivity index (χ3n) is 5.22. The zero-order valence-corrected chi connectivity index (χ0v) is 18.8. The van der Waals surface area contributed by atoms with E-state index in [2.05, 4.69) is 10.6 Å². The van der Waals surface area contributed by atoms with Crippen molar-refractivity contribution in [1.82, 2.24) is 5.32 Å². The van der Waals surface area contributed by atoms with Crippen molar-refractivity contribution in [3.8, 4) is 0 Å². The average molecular weight is 473 g/mol. The zero-order chi connectivity index (χ0) is 24.1. The Morgan fingerprint density at radius 2 is 1.79 bits per heavy atom. The molecule has 0 fully saturated rings. The molecular weight excluding hydrogens is 450 g/mol. The lowest BCUT2D eigenvalue weighted by Crippen LogP contribution is -2.37. The molecule has 3 N–H and O–H groups in total. The Bertz CT molecular complexity index is 1200. The minimum absolute atomic E-state index is 0.0642. The van der Waals surface area contributed by atoms with Crippen molar-refractivity contribution < 1.29 is 23.5 Å². The summed E-state index contributed by atoms with van der Waals surface area (Å²) in [5.74, 6) is -2.22. The number of hydrogen-bond donors (Lipinski definition) is 3. The van der Waals surface area contributed by atoms with Gasteiger partial charge in [-0.1, -0.05) is 24.6 Å². The number of ketones is 1. The Balaban J connectivity index is 1.85. The molecule has 3 aromatic carbocycles. The second-order valence-electron chi connectivity index (χ2n) is 7.56. The number of carbonyl (C=O) groups is 2. The zero-order valence-electron chi connectivity index (χ0n) is 18.1. The summed E-state index contributed by atoms with van der Waals surface area (Å²) < 4.78 is 27.0. The van der Waals surface area contributed by atoms with Gasteiger partial charge in [0.1, 0.15) is 11.6 Å². The van der Waals surface area contributed by atoms with E-state index in [0.29, 0.717) is 23.2 Å². The molecule has 0 saturated heterocycles. The third-order valence-corrected chi connectivity index (χ3v) is 5.53. The highest BCUT2D eigenvalue weighted by Crippen LogP contribution is 2.28. The third kappa shape index (κ3) is 5.74. The van der Waals surface area contributed by atoms with Gasteiger partial charge in [0.15, 0.2) is 5.78 Å². The Hall–Kier alpha value is -3.29. The molecule has 0 saturated carbocycles. The SMILES string of the molecule is CCC(CO)NC(=O)c1ccc(C)c(C(=O)c2ccc(Nc3ccc(F)cc3F)cc2Cl)c1. The highest BCUT2D eigenvalue weighted by molar-refractivity contribution is 6.35. The van der Waals surface area contributed by atoms with Crippen molar-refractivity contribution in [2.75, 3.05) is 11.9 Å². The summed E-state index contributed by atoms with van der Waals surface area (Å²) in [6.45, 7) is 3.41.